The zero-order valence-electron chi connectivity index (χ0n) is 9.70. The molecule has 8 heteroatoms. The van der Waals surface area contributed by atoms with Crippen molar-refractivity contribution in [3.8, 4) is 0 Å². The maximum atomic E-state index is 13.5. The van der Waals surface area contributed by atoms with Gasteiger partial charge in [-0.3, -0.25) is 4.72 Å². The maximum Gasteiger partial charge on any atom is 0.264 e. The molecule has 0 radical (unpaired) electrons. The van der Waals surface area contributed by atoms with Gasteiger partial charge in [-0.05, 0) is 40.2 Å². The van der Waals surface area contributed by atoms with Gasteiger partial charge in [0.05, 0.1) is 15.7 Å². The second kappa shape index (κ2) is 5.89. The molecule has 0 heterocycles. The molecule has 0 aliphatic rings. The lowest BCUT2D eigenvalue weighted by atomic mass is 10.3. The van der Waals surface area contributed by atoms with Gasteiger partial charge in [-0.25, -0.2) is 12.8 Å². The molecule has 0 unspecified atom stereocenters. The zero-order valence-corrected chi connectivity index (χ0v) is 13.6. The molecule has 0 fully saturated rings. The van der Waals surface area contributed by atoms with E-state index in [2.05, 4.69) is 20.7 Å². The second-order valence-corrected chi connectivity index (χ2v) is 7.02. The third-order valence-corrected chi connectivity index (χ3v) is 5.58. The van der Waals surface area contributed by atoms with Gasteiger partial charge in [-0.1, -0.05) is 35.3 Å². The summed E-state index contributed by atoms with van der Waals surface area (Å²) in [5, 5.41) is 0.196. The van der Waals surface area contributed by atoms with Crippen LogP contribution in [0.2, 0.25) is 10.0 Å². The summed E-state index contributed by atoms with van der Waals surface area (Å²) in [6.07, 6.45) is 0. The summed E-state index contributed by atoms with van der Waals surface area (Å²) in [5.74, 6) is -0.848. The number of benzene rings is 2. The van der Waals surface area contributed by atoms with Gasteiger partial charge < -0.3 is 0 Å². The minimum atomic E-state index is -4.08. The largest absolute Gasteiger partial charge is 0.278 e. The molecule has 3 nitrogen and oxygen atoms in total. The first-order valence-electron chi connectivity index (χ1n) is 5.24. The number of anilines is 1. The smallest absolute Gasteiger partial charge is 0.264 e. The third kappa shape index (κ3) is 3.09. The zero-order chi connectivity index (χ0) is 14.9. The lowest BCUT2D eigenvalue weighted by Gasteiger charge is -2.11. The van der Waals surface area contributed by atoms with E-state index in [1.807, 2.05) is 0 Å². The maximum absolute atomic E-state index is 13.5. The Morgan fingerprint density at radius 3 is 2.35 bits per heavy atom. The number of halogens is 4. The Morgan fingerprint density at radius 1 is 1.05 bits per heavy atom. The molecule has 0 bridgehead atoms. The monoisotopic (exact) mass is 397 g/mol. The van der Waals surface area contributed by atoms with Gasteiger partial charge in [-0.15, -0.1) is 0 Å². The first-order valence-corrected chi connectivity index (χ1v) is 8.27. The lowest BCUT2D eigenvalue weighted by Crippen LogP contribution is -2.14. The van der Waals surface area contributed by atoms with Crippen molar-refractivity contribution in [2.75, 3.05) is 4.72 Å². The molecule has 2 aromatic rings. The standard InChI is InChI=1S/C12H7BrCl2FNO2S/c13-7-5-6-9(12(15)11(7)14)17-20(18,19)10-4-2-1-3-8(10)16/h1-6,17H. The Hall–Kier alpha value is -0.820. The molecule has 0 saturated heterocycles. The molecule has 0 aliphatic heterocycles. The average Bonchev–Trinajstić information content (AvgIpc) is 2.40. The molecule has 0 amide bonds. The van der Waals surface area contributed by atoms with Crippen molar-refractivity contribution in [2.45, 2.75) is 4.90 Å². The highest BCUT2D eigenvalue weighted by molar-refractivity contribution is 9.10. The topological polar surface area (TPSA) is 46.2 Å². The van der Waals surface area contributed by atoms with Crippen molar-refractivity contribution in [2.24, 2.45) is 0 Å². The minimum Gasteiger partial charge on any atom is -0.278 e. The normalized spacial score (nSPS) is 11.4. The average molecular weight is 399 g/mol. The van der Waals surface area contributed by atoms with Crippen molar-refractivity contribution < 1.29 is 12.8 Å². The van der Waals surface area contributed by atoms with E-state index in [1.165, 1.54) is 24.3 Å². The van der Waals surface area contributed by atoms with Crippen molar-refractivity contribution in [3.05, 3.63) is 56.7 Å². The summed E-state index contributed by atoms with van der Waals surface area (Å²) in [4.78, 5) is -0.463. The molecule has 1 N–H and O–H groups in total. The van der Waals surface area contributed by atoms with E-state index in [1.54, 1.807) is 0 Å². The van der Waals surface area contributed by atoms with Crippen molar-refractivity contribution in [1.82, 2.24) is 0 Å². The Labute approximate surface area is 133 Å². The predicted octanol–water partition coefficient (Wildman–Crippen LogP) is 4.70. The van der Waals surface area contributed by atoms with Crippen molar-refractivity contribution in [3.63, 3.8) is 0 Å². The Kier molecular flexibility index (Phi) is 4.59. The minimum absolute atomic E-state index is 0.0287. The fourth-order valence-corrected chi connectivity index (χ4v) is 3.50. The van der Waals surface area contributed by atoms with E-state index in [4.69, 9.17) is 23.2 Å². The number of rotatable bonds is 3. The van der Waals surface area contributed by atoms with Crippen LogP contribution in [0.25, 0.3) is 0 Å². The first kappa shape index (κ1) is 15.6. The molecule has 2 rings (SSSR count). The lowest BCUT2D eigenvalue weighted by molar-refractivity contribution is 0.570. The fraction of sp³-hybridized carbons (Fsp3) is 0. The number of hydrogen-bond acceptors (Lipinski definition) is 2. The van der Waals surface area contributed by atoms with Crippen molar-refractivity contribution >= 4 is 54.8 Å². The Balaban J connectivity index is 2.45. The van der Waals surface area contributed by atoms with Gasteiger partial charge in [0, 0.05) is 4.47 Å². The van der Waals surface area contributed by atoms with Crippen molar-refractivity contribution in [1.29, 1.82) is 0 Å². The summed E-state index contributed by atoms with van der Waals surface area (Å²) < 4.78 is 40.5. The highest BCUT2D eigenvalue weighted by Crippen LogP contribution is 2.36. The van der Waals surface area contributed by atoms with Gasteiger partial charge >= 0.3 is 0 Å². The van der Waals surface area contributed by atoms with E-state index >= 15 is 0 Å². The van der Waals surface area contributed by atoms with E-state index in [9.17, 15) is 12.8 Å². The van der Waals surface area contributed by atoms with Crippen LogP contribution in [0.4, 0.5) is 10.1 Å². The van der Waals surface area contributed by atoms with Crippen LogP contribution >= 0.6 is 39.1 Å². The molecular formula is C12H7BrCl2FNO2S. The number of sulfonamides is 1. The van der Waals surface area contributed by atoms with E-state index in [-0.39, 0.29) is 15.7 Å². The molecular weight excluding hydrogens is 392 g/mol. The second-order valence-electron chi connectivity index (χ2n) is 3.76. The van der Waals surface area contributed by atoms with Gasteiger partial charge in [0.1, 0.15) is 10.7 Å². The van der Waals surface area contributed by atoms with Gasteiger partial charge in [0.25, 0.3) is 10.0 Å². The summed E-state index contributed by atoms with van der Waals surface area (Å²) in [6, 6.07) is 8.01. The van der Waals surface area contributed by atoms with Gasteiger partial charge in [-0.2, -0.15) is 0 Å². The van der Waals surface area contributed by atoms with Crippen LogP contribution < -0.4 is 4.72 Å². The van der Waals surface area contributed by atoms with Crippen LogP contribution in [0.1, 0.15) is 0 Å². The molecule has 0 aromatic heterocycles. The highest BCUT2D eigenvalue weighted by Gasteiger charge is 2.20. The van der Waals surface area contributed by atoms with E-state index < -0.39 is 20.7 Å². The molecule has 0 aliphatic carbocycles. The van der Waals surface area contributed by atoms with Crippen LogP contribution in [0, 0.1) is 5.82 Å². The Morgan fingerprint density at radius 2 is 1.70 bits per heavy atom. The summed E-state index contributed by atoms with van der Waals surface area (Å²) in [6.45, 7) is 0. The van der Waals surface area contributed by atoms with Gasteiger partial charge in [0.2, 0.25) is 0 Å². The van der Waals surface area contributed by atoms with Crippen LogP contribution in [0.5, 0.6) is 0 Å². The number of nitrogens with one attached hydrogen (secondary N) is 1. The first-order chi connectivity index (χ1) is 9.33. The quantitative estimate of drug-likeness (QED) is 0.762. The SMILES string of the molecule is O=S(=O)(Nc1ccc(Br)c(Cl)c1Cl)c1ccccc1F. The molecule has 0 atom stereocenters. The molecule has 0 saturated carbocycles. The summed E-state index contributed by atoms with van der Waals surface area (Å²) in [5.41, 5.74) is 0.0723. The molecule has 0 spiro atoms. The van der Waals surface area contributed by atoms with E-state index in [0.717, 1.165) is 12.1 Å². The molecule has 2 aromatic carbocycles. The van der Waals surface area contributed by atoms with Crippen LogP contribution in [0.3, 0.4) is 0 Å². The molecule has 20 heavy (non-hydrogen) atoms. The van der Waals surface area contributed by atoms with Crippen LogP contribution in [-0.4, -0.2) is 8.42 Å². The van der Waals surface area contributed by atoms with E-state index in [0.29, 0.717) is 4.47 Å². The van der Waals surface area contributed by atoms with Gasteiger partial charge in [0.15, 0.2) is 0 Å². The highest BCUT2D eigenvalue weighted by atomic mass is 79.9. The number of hydrogen-bond donors (Lipinski definition) is 1. The predicted molar refractivity (Wildman–Crippen MR) is 81.4 cm³/mol. The fourth-order valence-electron chi connectivity index (χ4n) is 1.47. The van der Waals surface area contributed by atoms with Crippen LogP contribution in [-0.2, 0) is 10.0 Å². The summed E-state index contributed by atoms with van der Waals surface area (Å²) >= 11 is 15.0. The Bertz CT molecular complexity index is 768. The van der Waals surface area contributed by atoms with Crippen LogP contribution in [0.15, 0.2) is 45.8 Å². The summed E-state index contributed by atoms with van der Waals surface area (Å²) in [7, 11) is -4.08. The third-order valence-electron chi connectivity index (χ3n) is 2.41. The molecule has 106 valence electrons.